The molecule has 1 aliphatic heterocycles. The largest absolute Gasteiger partial charge is 0.484 e. The van der Waals surface area contributed by atoms with E-state index in [2.05, 4.69) is 15.5 Å². The number of benzene rings is 1. The molecule has 0 bridgehead atoms. The maximum absolute atomic E-state index is 11.8. The lowest BCUT2D eigenvalue weighted by molar-refractivity contribution is -0.118. The summed E-state index contributed by atoms with van der Waals surface area (Å²) in [5.41, 5.74) is 0.796. The number of ether oxygens (including phenoxy) is 1. The fourth-order valence-corrected chi connectivity index (χ4v) is 2.92. The maximum atomic E-state index is 11.8. The summed E-state index contributed by atoms with van der Waals surface area (Å²) in [6.45, 7) is 2.41. The zero-order chi connectivity index (χ0) is 16.2. The fourth-order valence-electron chi connectivity index (χ4n) is 2.31. The third-order valence-corrected chi connectivity index (χ3v) is 4.10. The number of carbonyl (C=O) groups excluding carboxylic acids is 2. The van der Waals surface area contributed by atoms with Gasteiger partial charge in [-0.05, 0) is 25.5 Å². The van der Waals surface area contributed by atoms with Gasteiger partial charge in [-0.15, -0.1) is 10.2 Å². The van der Waals surface area contributed by atoms with Gasteiger partial charge in [-0.2, -0.15) is 0 Å². The summed E-state index contributed by atoms with van der Waals surface area (Å²) >= 11 is 1.30. The summed E-state index contributed by atoms with van der Waals surface area (Å²) in [5, 5.41) is 11.5. The van der Waals surface area contributed by atoms with E-state index in [4.69, 9.17) is 4.74 Å². The van der Waals surface area contributed by atoms with Crippen LogP contribution in [0.25, 0.3) is 0 Å². The number of nitrogens with zero attached hydrogens (tertiary/aromatic N) is 3. The number of anilines is 2. The number of amides is 2. The van der Waals surface area contributed by atoms with Gasteiger partial charge in [0.25, 0.3) is 5.91 Å². The van der Waals surface area contributed by atoms with Gasteiger partial charge in [0.15, 0.2) is 6.61 Å². The van der Waals surface area contributed by atoms with Crippen molar-refractivity contribution in [3.05, 3.63) is 29.3 Å². The molecule has 1 aromatic carbocycles. The van der Waals surface area contributed by atoms with Crippen molar-refractivity contribution in [2.24, 2.45) is 0 Å². The molecular weight excluding hydrogens is 316 g/mol. The quantitative estimate of drug-likeness (QED) is 0.905. The molecular formula is C15H16N4O3S. The molecule has 8 heteroatoms. The molecule has 3 rings (SSSR count). The summed E-state index contributed by atoms with van der Waals surface area (Å²) in [6, 6.07) is 7.19. The Morgan fingerprint density at radius 3 is 3.00 bits per heavy atom. The first kappa shape index (κ1) is 15.4. The first-order valence-corrected chi connectivity index (χ1v) is 8.06. The summed E-state index contributed by atoms with van der Waals surface area (Å²) in [4.78, 5) is 25.3. The van der Waals surface area contributed by atoms with E-state index in [1.165, 1.54) is 11.3 Å². The van der Waals surface area contributed by atoms with Crippen molar-refractivity contribution in [1.29, 1.82) is 0 Å². The van der Waals surface area contributed by atoms with Crippen LogP contribution < -0.4 is 15.0 Å². The topological polar surface area (TPSA) is 84.4 Å². The van der Waals surface area contributed by atoms with Crippen LogP contribution in [0.2, 0.25) is 0 Å². The molecule has 2 amide bonds. The van der Waals surface area contributed by atoms with Crippen LogP contribution in [-0.4, -0.2) is 35.2 Å². The maximum Gasteiger partial charge on any atom is 0.264 e. The number of carbonyl (C=O) groups is 2. The Hall–Kier alpha value is -2.48. The molecule has 1 aromatic heterocycles. The van der Waals surface area contributed by atoms with E-state index < -0.39 is 0 Å². The number of rotatable bonds is 5. The van der Waals surface area contributed by atoms with Gasteiger partial charge < -0.3 is 9.64 Å². The second-order valence-electron chi connectivity index (χ2n) is 5.11. The zero-order valence-electron chi connectivity index (χ0n) is 12.6. The summed E-state index contributed by atoms with van der Waals surface area (Å²) in [7, 11) is 0. The molecule has 1 aliphatic rings. The third kappa shape index (κ3) is 3.84. The Morgan fingerprint density at radius 2 is 2.30 bits per heavy atom. The van der Waals surface area contributed by atoms with Gasteiger partial charge in [0.2, 0.25) is 11.0 Å². The number of hydrogen-bond donors (Lipinski definition) is 1. The molecule has 0 aliphatic carbocycles. The van der Waals surface area contributed by atoms with Crippen LogP contribution in [0.15, 0.2) is 24.3 Å². The Morgan fingerprint density at radius 1 is 1.43 bits per heavy atom. The highest BCUT2D eigenvalue weighted by Gasteiger charge is 2.21. The van der Waals surface area contributed by atoms with Gasteiger partial charge >= 0.3 is 0 Å². The van der Waals surface area contributed by atoms with Crippen LogP contribution in [-0.2, 0) is 9.59 Å². The van der Waals surface area contributed by atoms with Crippen LogP contribution in [0.3, 0.4) is 0 Å². The van der Waals surface area contributed by atoms with Crippen molar-refractivity contribution in [3.63, 3.8) is 0 Å². The molecule has 2 heterocycles. The van der Waals surface area contributed by atoms with E-state index in [-0.39, 0.29) is 18.4 Å². The predicted molar refractivity (Wildman–Crippen MR) is 86.8 cm³/mol. The molecule has 0 radical (unpaired) electrons. The highest BCUT2D eigenvalue weighted by Crippen LogP contribution is 2.25. The van der Waals surface area contributed by atoms with Crippen molar-refractivity contribution >= 4 is 34.0 Å². The summed E-state index contributed by atoms with van der Waals surface area (Å²) < 4.78 is 5.49. The molecule has 1 fully saturated rings. The minimum absolute atomic E-state index is 0.117. The number of hydrogen-bond acceptors (Lipinski definition) is 6. The molecule has 23 heavy (non-hydrogen) atoms. The average Bonchev–Trinajstić information content (AvgIpc) is 3.14. The predicted octanol–water partition coefficient (Wildman–Crippen LogP) is 1.99. The number of aryl methyl sites for hydroxylation is 1. The lowest BCUT2D eigenvalue weighted by atomic mass is 10.3. The molecule has 2 aromatic rings. The van der Waals surface area contributed by atoms with Crippen molar-refractivity contribution in [2.75, 3.05) is 23.4 Å². The molecule has 1 N–H and O–H groups in total. The van der Waals surface area contributed by atoms with E-state index in [1.54, 1.807) is 17.0 Å². The zero-order valence-corrected chi connectivity index (χ0v) is 13.4. The Balaban J connectivity index is 1.57. The normalized spacial score (nSPS) is 14.1. The second kappa shape index (κ2) is 6.74. The summed E-state index contributed by atoms with van der Waals surface area (Å²) in [5.74, 6) is 0.362. The van der Waals surface area contributed by atoms with Gasteiger partial charge in [0.1, 0.15) is 10.8 Å². The number of nitrogens with one attached hydrogen (secondary N) is 1. The van der Waals surface area contributed by atoms with Crippen LogP contribution >= 0.6 is 11.3 Å². The highest BCUT2D eigenvalue weighted by molar-refractivity contribution is 7.15. The average molecular weight is 332 g/mol. The lowest BCUT2D eigenvalue weighted by Gasteiger charge is -2.16. The van der Waals surface area contributed by atoms with Crippen LogP contribution in [0, 0.1) is 6.92 Å². The smallest absolute Gasteiger partial charge is 0.264 e. The van der Waals surface area contributed by atoms with Gasteiger partial charge in [0, 0.05) is 24.7 Å². The molecule has 7 nitrogen and oxygen atoms in total. The minimum Gasteiger partial charge on any atom is -0.484 e. The first-order chi connectivity index (χ1) is 11.1. The molecule has 0 atom stereocenters. The van der Waals surface area contributed by atoms with Crippen molar-refractivity contribution in [1.82, 2.24) is 10.2 Å². The third-order valence-electron chi connectivity index (χ3n) is 3.35. The molecule has 0 saturated carbocycles. The monoisotopic (exact) mass is 332 g/mol. The Bertz CT molecular complexity index is 731. The standard InChI is InChI=1S/C15H16N4O3S/c1-10-17-18-15(23-10)16-13(20)9-22-12-5-2-4-11(8-12)19-7-3-6-14(19)21/h2,4-5,8H,3,6-7,9H2,1H3,(H,16,18,20). The van der Waals surface area contributed by atoms with Crippen molar-refractivity contribution in [2.45, 2.75) is 19.8 Å². The van der Waals surface area contributed by atoms with E-state index >= 15 is 0 Å². The fraction of sp³-hybridized carbons (Fsp3) is 0.333. The molecule has 0 spiro atoms. The lowest BCUT2D eigenvalue weighted by Crippen LogP contribution is -2.24. The van der Waals surface area contributed by atoms with Crippen molar-refractivity contribution in [3.8, 4) is 5.75 Å². The van der Waals surface area contributed by atoms with Gasteiger partial charge in [-0.1, -0.05) is 17.4 Å². The molecule has 0 unspecified atom stereocenters. The Labute approximate surface area is 137 Å². The van der Waals surface area contributed by atoms with E-state index in [1.807, 2.05) is 19.1 Å². The molecule has 120 valence electrons. The van der Waals surface area contributed by atoms with Gasteiger partial charge in [-0.3, -0.25) is 14.9 Å². The van der Waals surface area contributed by atoms with E-state index in [0.29, 0.717) is 17.3 Å². The first-order valence-electron chi connectivity index (χ1n) is 7.25. The van der Waals surface area contributed by atoms with Crippen LogP contribution in [0.1, 0.15) is 17.8 Å². The van der Waals surface area contributed by atoms with Gasteiger partial charge in [-0.25, -0.2) is 0 Å². The summed E-state index contributed by atoms with van der Waals surface area (Å²) in [6.07, 6.45) is 1.45. The second-order valence-corrected chi connectivity index (χ2v) is 6.29. The van der Waals surface area contributed by atoms with E-state index in [0.717, 1.165) is 23.7 Å². The highest BCUT2D eigenvalue weighted by atomic mass is 32.1. The van der Waals surface area contributed by atoms with Crippen LogP contribution in [0.5, 0.6) is 5.75 Å². The Kier molecular flexibility index (Phi) is 4.52. The SMILES string of the molecule is Cc1nnc(NC(=O)COc2cccc(N3CCCC3=O)c2)s1. The van der Waals surface area contributed by atoms with Crippen LogP contribution in [0.4, 0.5) is 10.8 Å². The van der Waals surface area contributed by atoms with Crippen molar-refractivity contribution < 1.29 is 14.3 Å². The number of aromatic nitrogens is 2. The van der Waals surface area contributed by atoms with Gasteiger partial charge in [0.05, 0.1) is 0 Å². The van der Waals surface area contributed by atoms with E-state index in [9.17, 15) is 9.59 Å². The minimum atomic E-state index is -0.302. The molecule has 1 saturated heterocycles.